The lowest BCUT2D eigenvalue weighted by molar-refractivity contribution is 0.308. The minimum Gasteiger partial charge on any atom is -0.481 e. The highest BCUT2D eigenvalue weighted by Gasteiger charge is 2.22. The van der Waals surface area contributed by atoms with Gasteiger partial charge in [0.15, 0.2) is 0 Å². The standard InChI is InChI=1S/C15H15NOS/c18-15-14-11(5-6-17-15)12-7-9-3-1-2-4-10(9)8-13(12)16-14/h7-8,16H,1-6H2. The molecule has 0 spiro atoms. The van der Waals surface area contributed by atoms with Crippen LogP contribution in [0.15, 0.2) is 12.1 Å². The van der Waals surface area contributed by atoms with E-state index in [9.17, 15) is 0 Å². The third-order valence-electron chi connectivity index (χ3n) is 4.16. The number of nitrogens with one attached hydrogen (secondary N) is 1. The molecule has 0 fully saturated rings. The van der Waals surface area contributed by atoms with Gasteiger partial charge in [-0.05, 0) is 66.7 Å². The molecule has 0 saturated carbocycles. The number of aromatic nitrogens is 1. The summed E-state index contributed by atoms with van der Waals surface area (Å²) in [5.74, 6) is 0. The molecule has 1 aromatic carbocycles. The molecule has 0 bridgehead atoms. The summed E-state index contributed by atoms with van der Waals surface area (Å²) >= 11 is 5.28. The van der Waals surface area contributed by atoms with E-state index in [0.717, 1.165) is 18.7 Å². The average Bonchev–Trinajstić information content (AvgIpc) is 2.76. The van der Waals surface area contributed by atoms with Gasteiger partial charge < -0.3 is 9.72 Å². The number of ether oxygens (including phenoxy) is 1. The Morgan fingerprint density at radius 3 is 2.67 bits per heavy atom. The second-order valence-electron chi connectivity index (χ2n) is 5.24. The molecule has 1 aliphatic carbocycles. The van der Waals surface area contributed by atoms with Gasteiger partial charge in [-0.15, -0.1) is 0 Å². The Hall–Kier alpha value is -1.35. The summed E-state index contributed by atoms with van der Waals surface area (Å²) in [6.07, 6.45) is 6.06. The Morgan fingerprint density at radius 2 is 1.83 bits per heavy atom. The Bertz CT molecular complexity index is 656. The first-order valence-corrected chi connectivity index (χ1v) is 7.07. The molecule has 0 unspecified atom stereocenters. The Labute approximate surface area is 111 Å². The van der Waals surface area contributed by atoms with Crippen molar-refractivity contribution in [2.75, 3.05) is 6.61 Å². The van der Waals surface area contributed by atoms with Gasteiger partial charge in [-0.1, -0.05) is 0 Å². The summed E-state index contributed by atoms with van der Waals surface area (Å²) in [5, 5.41) is 1.99. The van der Waals surface area contributed by atoms with Gasteiger partial charge in [0.05, 0.1) is 12.3 Å². The molecular formula is C15H15NOS. The van der Waals surface area contributed by atoms with E-state index in [1.54, 1.807) is 0 Å². The maximum absolute atomic E-state index is 5.46. The van der Waals surface area contributed by atoms with Crippen molar-refractivity contribution in [3.05, 3.63) is 34.5 Å². The molecule has 0 saturated heterocycles. The molecule has 0 atom stereocenters. The van der Waals surface area contributed by atoms with Crippen molar-refractivity contribution in [2.45, 2.75) is 32.1 Å². The first-order valence-electron chi connectivity index (χ1n) is 6.66. The second kappa shape index (κ2) is 3.82. The third-order valence-corrected chi connectivity index (χ3v) is 4.48. The topological polar surface area (TPSA) is 25.0 Å². The van der Waals surface area contributed by atoms with Gasteiger partial charge in [-0.25, -0.2) is 0 Å². The van der Waals surface area contributed by atoms with Crippen LogP contribution >= 0.6 is 12.2 Å². The predicted octanol–water partition coefficient (Wildman–Crippen LogP) is 3.29. The number of aromatic amines is 1. The van der Waals surface area contributed by atoms with E-state index < -0.39 is 0 Å². The largest absolute Gasteiger partial charge is 0.481 e. The highest BCUT2D eigenvalue weighted by Crippen LogP contribution is 2.32. The van der Waals surface area contributed by atoms with Crippen LogP contribution < -0.4 is 0 Å². The second-order valence-corrected chi connectivity index (χ2v) is 5.61. The Balaban J connectivity index is 1.99. The Morgan fingerprint density at radius 1 is 1.06 bits per heavy atom. The van der Waals surface area contributed by atoms with E-state index in [4.69, 9.17) is 17.0 Å². The lowest BCUT2D eigenvalue weighted by Crippen LogP contribution is -2.15. The minimum absolute atomic E-state index is 0.630. The Kier molecular flexibility index (Phi) is 2.24. The lowest BCUT2D eigenvalue weighted by atomic mass is 9.90. The van der Waals surface area contributed by atoms with Gasteiger partial charge in [0, 0.05) is 17.3 Å². The molecule has 2 aliphatic rings. The first kappa shape index (κ1) is 10.6. The van der Waals surface area contributed by atoms with Crippen molar-refractivity contribution in [3.63, 3.8) is 0 Å². The van der Waals surface area contributed by atoms with E-state index in [0.29, 0.717) is 5.05 Å². The van der Waals surface area contributed by atoms with E-state index in [1.807, 2.05) is 0 Å². The van der Waals surface area contributed by atoms with E-state index in [1.165, 1.54) is 53.3 Å². The molecule has 4 rings (SSSR count). The summed E-state index contributed by atoms with van der Waals surface area (Å²) in [4.78, 5) is 3.45. The number of thiocarbonyl (C=S) groups is 1. The molecule has 0 radical (unpaired) electrons. The first-order chi connectivity index (χ1) is 8.83. The van der Waals surface area contributed by atoms with Crippen LogP contribution in [0, 0.1) is 0 Å². The summed E-state index contributed by atoms with van der Waals surface area (Å²) in [7, 11) is 0. The quantitative estimate of drug-likeness (QED) is 0.733. The molecule has 18 heavy (non-hydrogen) atoms. The molecular weight excluding hydrogens is 242 g/mol. The highest BCUT2D eigenvalue weighted by molar-refractivity contribution is 7.80. The van der Waals surface area contributed by atoms with Gasteiger partial charge in [0.1, 0.15) is 0 Å². The van der Waals surface area contributed by atoms with Gasteiger partial charge in [-0.2, -0.15) is 0 Å². The molecule has 3 heteroatoms. The fraction of sp³-hybridized carbons (Fsp3) is 0.400. The normalized spacial score (nSPS) is 18.3. The summed E-state index contributed by atoms with van der Waals surface area (Å²) in [5.41, 5.74) is 6.67. The number of H-pyrrole nitrogens is 1. The van der Waals surface area contributed by atoms with E-state index in [2.05, 4.69) is 17.1 Å². The van der Waals surface area contributed by atoms with Crippen LogP contribution in [0.2, 0.25) is 0 Å². The number of hydrogen-bond donors (Lipinski definition) is 1. The van der Waals surface area contributed by atoms with Crippen molar-refractivity contribution in [1.29, 1.82) is 0 Å². The van der Waals surface area contributed by atoms with E-state index in [-0.39, 0.29) is 0 Å². The molecule has 1 aliphatic heterocycles. The van der Waals surface area contributed by atoms with Gasteiger partial charge >= 0.3 is 0 Å². The minimum atomic E-state index is 0.630. The number of fused-ring (bicyclic) bond motifs is 4. The van der Waals surface area contributed by atoms with E-state index >= 15 is 0 Å². The maximum Gasteiger partial charge on any atom is 0.208 e. The number of benzene rings is 1. The molecule has 0 amide bonds. The third kappa shape index (κ3) is 1.43. The maximum atomic E-state index is 5.46. The average molecular weight is 257 g/mol. The molecule has 2 heterocycles. The highest BCUT2D eigenvalue weighted by atomic mass is 32.1. The molecule has 92 valence electrons. The summed E-state index contributed by atoms with van der Waals surface area (Å²) in [6, 6.07) is 4.71. The molecule has 2 nitrogen and oxygen atoms in total. The van der Waals surface area contributed by atoms with Crippen LogP contribution in [0.3, 0.4) is 0 Å². The predicted molar refractivity (Wildman–Crippen MR) is 76.3 cm³/mol. The van der Waals surface area contributed by atoms with Crippen molar-refractivity contribution < 1.29 is 4.74 Å². The molecule has 2 aromatic rings. The lowest BCUT2D eigenvalue weighted by Gasteiger charge is -2.16. The van der Waals surface area contributed by atoms with Crippen molar-refractivity contribution in [1.82, 2.24) is 4.98 Å². The summed E-state index contributed by atoms with van der Waals surface area (Å²) < 4.78 is 5.46. The molecule has 1 aromatic heterocycles. The fourth-order valence-electron chi connectivity index (χ4n) is 3.24. The number of rotatable bonds is 0. The van der Waals surface area contributed by atoms with Crippen LogP contribution in [-0.2, 0) is 24.0 Å². The van der Waals surface area contributed by atoms with Crippen molar-refractivity contribution in [3.8, 4) is 0 Å². The SMILES string of the molecule is S=C1OCCc2c1[nH]c1cc3c(cc21)CCCC3. The van der Waals surface area contributed by atoms with Crippen LogP contribution in [0.1, 0.15) is 35.2 Å². The zero-order chi connectivity index (χ0) is 12.1. The van der Waals surface area contributed by atoms with Gasteiger partial charge in [0.2, 0.25) is 5.05 Å². The smallest absolute Gasteiger partial charge is 0.208 e. The van der Waals surface area contributed by atoms with Gasteiger partial charge in [-0.3, -0.25) is 0 Å². The van der Waals surface area contributed by atoms with Crippen molar-refractivity contribution in [2.24, 2.45) is 0 Å². The van der Waals surface area contributed by atoms with Crippen LogP contribution in [0.4, 0.5) is 0 Å². The van der Waals surface area contributed by atoms with Crippen LogP contribution in [-0.4, -0.2) is 16.6 Å². The number of hydrogen-bond acceptors (Lipinski definition) is 2. The van der Waals surface area contributed by atoms with Crippen LogP contribution in [0.5, 0.6) is 0 Å². The zero-order valence-corrected chi connectivity index (χ0v) is 11.0. The fourth-order valence-corrected chi connectivity index (χ4v) is 3.49. The van der Waals surface area contributed by atoms with Crippen LogP contribution in [0.25, 0.3) is 10.9 Å². The number of aryl methyl sites for hydroxylation is 2. The summed E-state index contributed by atoms with van der Waals surface area (Å²) in [6.45, 7) is 0.718. The van der Waals surface area contributed by atoms with Crippen molar-refractivity contribution >= 4 is 28.2 Å². The zero-order valence-electron chi connectivity index (χ0n) is 10.2. The molecule has 1 N–H and O–H groups in total. The monoisotopic (exact) mass is 257 g/mol. The van der Waals surface area contributed by atoms with Gasteiger partial charge in [0.25, 0.3) is 0 Å².